The first kappa shape index (κ1) is 21.1. The van der Waals surface area contributed by atoms with Crippen LogP contribution in [0.3, 0.4) is 0 Å². The minimum absolute atomic E-state index is 0.133. The number of sulfonamides is 1. The second kappa shape index (κ2) is 8.52. The number of nitrogens with one attached hydrogen (secondary N) is 2. The number of carbonyl (C=O) groups is 1. The maximum atomic E-state index is 12.4. The van der Waals surface area contributed by atoms with Crippen LogP contribution in [0, 0.1) is 13.8 Å². The molecule has 0 aliphatic rings. The molecule has 2 aromatic heterocycles. The van der Waals surface area contributed by atoms with E-state index in [2.05, 4.69) is 15.0 Å². The van der Waals surface area contributed by atoms with Crippen LogP contribution in [-0.4, -0.2) is 19.3 Å². The summed E-state index contributed by atoms with van der Waals surface area (Å²) in [7, 11) is -3.69. The molecule has 9 heteroatoms. The number of anilines is 1. The van der Waals surface area contributed by atoms with E-state index in [0.717, 1.165) is 33.2 Å². The van der Waals surface area contributed by atoms with E-state index in [9.17, 15) is 13.2 Å². The lowest BCUT2D eigenvalue weighted by Gasteiger charge is -2.08. The molecule has 4 rings (SSSR count). The summed E-state index contributed by atoms with van der Waals surface area (Å²) < 4.78 is 32.9. The Kier molecular flexibility index (Phi) is 5.79. The lowest BCUT2D eigenvalue weighted by molar-refractivity contribution is -0.120. The molecular formula is C22H21N3O4S2. The van der Waals surface area contributed by atoms with Crippen molar-refractivity contribution in [3.8, 4) is 0 Å². The van der Waals surface area contributed by atoms with E-state index >= 15 is 0 Å². The summed E-state index contributed by atoms with van der Waals surface area (Å²) >= 11 is 1.21. The van der Waals surface area contributed by atoms with Crippen LogP contribution >= 0.6 is 11.3 Å². The highest BCUT2D eigenvalue weighted by Gasteiger charge is 2.16. The Labute approximate surface area is 184 Å². The number of fused-ring (bicyclic) bond motifs is 1. The molecule has 0 aliphatic heterocycles. The molecule has 0 spiro atoms. The van der Waals surface area contributed by atoms with Crippen molar-refractivity contribution in [3.63, 3.8) is 0 Å². The van der Waals surface area contributed by atoms with Crippen LogP contribution in [0.2, 0.25) is 0 Å². The van der Waals surface area contributed by atoms with E-state index in [1.54, 1.807) is 23.8 Å². The summed E-state index contributed by atoms with van der Waals surface area (Å²) in [6.45, 7) is 4.32. The summed E-state index contributed by atoms with van der Waals surface area (Å²) in [6, 6.07) is 10.4. The summed E-state index contributed by atoms with van der Waals surface area (Å²) in [5.74, 6) is -0.136. The first-order valence-electron chi connectivity index (χ1n) is 9.58. The zero-order valence-corrected chi connectivity index (χ0v) is 18.6. The molecule has 0 saturated carbocycles. The van der Waals surface area contributed by atoms with E-state index in [1.165, 1.54) is 29.7 Å². The third-order valence-electron chi connectivity index (χ3n) is 5.07. The van der Waals surface area contributed by atoms with Gasteiger partial charge in [-0.1, -0.05) is 24.3 Å². The van der Waals surface area contributed by atoms with Crippen LogP contribution < -0.4 is 10.0 Å². The molecule has 0 aliphatic carbocycles. The molecule has 0 fully saturated rings. The molecule has 0 radical (unpaired) electrons. The molecule has 2 aromatic carbocycles. The fourth-order valence-corrected chi connectivity index (χ4v) is 4.98. The molecular weight excluding hydrogens is 434 g/mol. The third kappa shape index (κ3) is 4.62. The van der Waals surface area contributed by atoms with Crippen molar-refractivity contribution in [2.75, 3.05) is 4.72 Å². The number of aryl methyl sites for hydroxylation is 2. The van der Waals surface area contributed by atoms with Gasteiger partial charge in [-0.15, -0.1) is 11.3 Å². The van der Waals surface area contributed by atoms with Gasteiger partial charge in [0.15, 0.2) is 5.13 Å². The standard InChI is InChI=1S/C22H21N3O4S2/c1-14-3-8-19-17(13-29-21(19)15(14)2)11-20(26)24-12-16-4-6-18(7-5-16)31(27,28)25-22-23-9-10-30-22/h3-10,13H,11-12H2,1-2H3,(H,23,25)(H,24,26). The SMILES string of the molecule is Cc1ccc2c(CC(=O)NCc3ccc(S(=O)(=O)Nc4nccs4)cc3)coc2c1C. The summed E-state index contributed by atoms with van der Waals surface area (Å²) in [4.78, 5) is 16.5. The summed E-state index contributed by atoms with van der Waals surface area (Å²) in [5.41, 5.74) is 4.66. The smallest absolute Gasteiger partial charge is 0.263 e. The van der Waals surface area contributed by atoms with Crippen LogP contribution in [0.25, 0.3) is 11.0 Å². The molecule has 4 aromatic rings. The average Bonchev–Trinajstić information content (AvgIpc) is 3.39. The van der Waals surface area contributed by atoms with Crippen LogP contribution in [0.5, 0.6) is 0 Å². The molecule has 0 bridgehead atoms. The van der Waals surface area contributed by atoms with Gasteiger partial charge in [0.2, 0.25) is 5.91 Å². The van der Waals surface area contributed by atoms with Gasteiger partial charge in [-0.05, 0) is 42.7 Å². The van der Waals surface area contributed by atoms with Crippen molar-refractivity contribution in [1.29, 1.82) is 0 Å². The Morgan fingerprint density at radius 1 is 1.13 bits per heavy atom. The Hall–Kier alpha value is -3.17. The fraction of sp³-hybridized carbons (Fsp3) is 0.182. The summed E-state index contributed by atoms with van der Waals surface area (Å²) in [5, 5.41) is 5.82. The van der Waals surface area contributed by atoms with Crippen molar-refractivity contribution >= 4 is 43.4 Å². The van der Waals surface area contributed by atoms with E-state index in [-0.39, 0.29) is 17.2 Å². The highest BCUT2D eigenvalue weighted by Crippen LogP contribution is 2.26. The van der Waals surface area contributed by atoms with Crippen LogP contribution in [0.4, 0.5) is 5.13 Å². The van der Waals surface area contributed by atoms with Crippen molar-refractivity contribution in [3.05, 3.63) is 76.5 Å². The van der Waals surface area contributed by atoms with Gasteiger partial charge >= 0.3 is 0 Å². The molecule has 0 atom stereocenters. The van der Waals surface area contributed by atoms with Crippen LogP contribution in [0.15, 0.2) is 63.6 Å². The van der Waals surface area contributed by atoms with Gasteiger partial charge in [-0.2, -0.15) is 0 Å². The molecule has 7 nitrogen and oxygen atoms in total. The third-order valence-corrected chi connectivity index (χ3v) is 7.24. The van der Waals surface area contributed by atoms with Gasteiger partial charge in [0.05, 0.1) is 17.6 Å². The average molecular weight is 456 g/mol. The molecule has 1 amide bonds. The van der Waals surface area contributed by atoms with Gasteiger partial charge in [-0.3, -0.25) is 9.52 Å². The number of furan rings is 1. The number of hydrogen-bond acceptors (Lipinski definition) is 6. The Bertz CT molecular complexity index is 1330. The van der Waals surface area contributed by atoms with Crippen molar-refractivity contribution in [2.45, 2.75) is 31.7 Å². The van der Waals surface area contributed by atoms with Crippen molar-refractivity contribution in [2.24, 2.45) is 0 Å². The van der Waals surface area contributed by atoms with E-state index < -0.39 is 10.0 Å². The maximum absolute atomic E-state index is 12.4. The predicted octanol–water partition coefficient (Wildman–Crippen LogP) is 4.17. The molecule has 2 heterocycles. The molecule has 0 saturated heterocycles. The molecule has 2 N–H and O–H groups in total. The number of aromatic nitrogens is 1. The largest absolute Gasteiger partial charge is 0.464 e. The van der Waals surface area contributed by atoms with Crippen LogP contribution in [-0.2, 0) is 27.8 Å². The quantitative estimate of drug-likeness (QED) is 0.436. The normalized spacial score (nSPS) is 11.5. The highest BCUT2D eigenvalue weighted by atomic mass is 32.2. The van der Waals surface area contributed by atoms with Crippen LogP contribution in [0.1, 0.15) is 22.3 Å². The molecule has 0 unspecified atom stereocenters. The minimum Gasteiger partial charge on any atom is -0.464 e. The second-order valence-corrected chi connectivity index (χ2v) is 9.76. The number of benzene rings is 2. The number of amides is 1. The topological polar surface area (TPSA) is 101 Å². The lowest BCUT2D eigenvalue weighted by Crippen LogP contribution is -2.24. The maximum Gasteiger partial charge on any atom is 0.263 e. The lowest BCUT2D eigenvalue weighted by atomic mass is 10.0. The van der Waals surface area contributed by atoms with Crippen molar-refractivity contribution < 1.29 is 17.6 Å². The number of thiazole rings is 1. The number of rotatable bonds is 7. The zero-order valence-electron chi connectivity index (χ0n) is 17.0. The van der Waals surface area contributed by atoms with E-state index in [4.69, 9.17) is 4.42 Å². The predicted molar refractivity (Wildman–Crippen MR) is 121 cm³/mol. The van der Waals surface area contributed by atoms with E-state index in [1.807, 2.05) is 26.0 Å². The first-order valence-corrected chi connectivity index (χ1v) is 11.9. The molecule has 160 valence electrons. The fourth-order valence-electron chi connectivity index (χ4n) is 3.20. The Morgan fingerprint density at radius 2 is 1.90 bits per heavy atom. The Balaban J connectivity index is 1.37. The van der Waals surface area contributed by atoms with E-state index in [0.29, 0.717) is 11.7 Å². The van der Waals surface area contributed by atoms with Gasteiger partial charge in [0.1, 0.15) is 5.58 Å². The van der Waals surface area contributed by atoms with Gasteiger partial charge in [-0.25, -0.2) is 13.4 Å². The molecule has 31 heavy (non-hydrogen) atoms. The summed E-state index contributed by atoms with van der Waals surface area (Å²) in [6.07, 6.45) is 3.37. The number of nitrogens with zero attached hydrogens (tertiary/aromatic N) is 1. The Morgan fingerprint density at radius 3 is 2.61 bits per heavy atom. The minimum atomic E-state index is -3.69. The van der Waals surface area contributed by atoms with Gasteiger partial charge in [0.25, 0.3) is 10.0 Å². The number of carbonyl (C=O) groups excluding carboxylic acids is 1. The first-order chi connectivity index (χ1) is 14.8. The van der Waals surface area contributed by atoms with Gasteiger partial charge in [0, 0.05) is 29.1 Å². The number of hydrogen-bond donors (Lipinski definition) is 2. The highest BCUT2D eigenvalue weighted by molar-refractivity contribution is 7.93. The monoisotopic (exact) mass is 455 g/mol. The van der Waals surface area contributed by atoms with Crippen molar-refractivity contribution in [1.82, 2.24) is 10.3 Å². The van der Waals surface area contributed by atoms with Gasteiger partial charge < -0.3 is 9.73 Å². The second-order valence-electron chi connectivity index (χ2n) is 7.19. The zero-order chi connectivity index (χ0) is 22.0.